The molecule has 0 aromatic heterocycles. The first kappa shape index (κ1) is 28.0. The van der Waals surface area contributed by atoms with Gasteiger partial charge in [0.05, 0.1) is 25.7 Å². The maximum atomic E-state index is 12.6. The van der Waals surface area contributed by atoms with E-state index in [4.69, 9.17) is 5.11 Å². The number of carboxylic acids is 2. The Morgan fingerprint density at radius 2 is 1.22 bits per heavy atom. The van der Waals surface area contributed by atoms with Crippen molar-refractivity contribution < 1.29 is 29.4 Å². The van der Waals surface area contributed by atoms with Gasteiger partial charge in [0.25, 0.3) is 0 Å². The summed E-state index contributed by atoms with van der Waals surface area (Å²) in [6.45, 7) is 9.36. The number of Topliss-reactive ketones (excluding diaryl/α,β-unsaturated/α-hetero) is 1. The van der Waals surface area contributed by atoms with Crippen molar-refractivity contribution in [3.63, 3.8) is 0 Å². The number of carbonyl (C=O) groups is 4. The minimum Gasteiger partial charge on any atom is -0.480 e. The van der Waals surface area contributed by atoms with Gasteiger partial charge in [-0.15, -0.1) is 0 Å². The van der Waals surface area contributed by atoms with Crippen LogP contribution in [-0.2, 0) is 19.2 Å². The highest BCUT2D eigenvalue weighted by Gasteiger charge is 2.24. The second-order valence-electron chi connectivity index (χ2n) is 8.69. The quantitative estimate of drug-likeness (QED) is 0.385. The summed E-state index contributed by atoms with van der Waals surface area (Å²) in [7, 11) is 1.95. The number of hydrogen-bond acceptors (Lipinski definition) is 8. The molecule has 0 aromatic carbocycles. The van der Waals surface area contributed by atoms with Crippen molar-refractivity contribution >= 4 is 23.6 Å². The van der Waals surface area contributed by atoms with Crippen LogP contribution in [0.25, 0.3) is 0 Å². The molecule has 1 aliphatic rings. The predicted molar refractivity (Wildman–Crippen MR) is 120 cm³/mol. The van der Waals surface area contributed by atoms with Gasteiger partial charge in [0.1, 0.15) is 0 Å². The Morgan fingerprint density at radius 1 is 0.781 bits per heavy atom. The van der Waals surface area contributed by atoms with E-state index in [1.807, 2.05) is 16.8 Å². The highest BCUT2D eigenvalue weighted by molar-refractivity contribution is 5.89. The summed E-state index contributed by atoms with van der Waals surface area (Å²) in [6, 6.07) is -0.471. The molecule has 0 bridgehead atoms. The Balaban J connectivity index is 2.85. The number of rotatable bonds is 9. The molecule has 1 aliphatic heterocycles. The topological polar surface area (TPSA) is 134 Å². The first-order chi connectivity index (χ1) is 15.0. The summed E-state index contributed by atoms with van der Waals surface area (Å²) in [5.41, 5.74) is 0. The average molecular weight is 458 g/mol. The normalized spacial score (nSPS) is 19.7. The van der Waals surface area contributed by atoms with Crippen LogP contribution in [0.1, 0.15) is 20.8 Å². The molecule has 0 saturated carbocycles. The number of ketones is 1. The van der Waals surface area contributed by atoms with Crippen LogP contribution < -0.4 is 5.32 Å². The number of carbonyl (C=O) groups excluding carboxylic acids is 2. The highest BCUT2D eigenvalue weighted by atomic mass is 16.4. The minimum atomic E-state index is -0.953. The van der Waals surface area contributed by atoms with Crippen molar-refractivity contribution in [1.29, 1.82) is 0 Å². The van der Waals surface area contributed by atoms with Crippen LogP contribution in [0.5, 0.6) is 0 Å². The fourth-order valence-electron chi connectivity index (χ4n) is 3.39. The Bertz CT molecular complexity index is 644. The van der Waals surface area contributed by atoms with Crippen LogP contribution >= 0.6 is 0 Å². The molecule has 32 heavy (non-hydrogen) atoms. The smallest absolute Gasteiger partial charge is 0.317 e. The van der Waals surface area contributed by atoms with Gasteiger partial charge in [-0.1, -0.05) is 13.8 Å². The lowest BCUT2D eigenvalue weighted by molar-refractivity contribution is -0.140. The van der Waals surface area contributed by atoms with E-state index >= 15 is 0 Å². The van der Waals surface area contributed by atoms with Crippen LogP contribution in [0, 0.1) is 5.92 Å². The lowest BCUT2D eigenvalue weighted by Crippen LogP contribution is -2.52. The second kappa shape index (κ2) is 14.1. The zero-order valence-electron chi connectivity index (χ0n) is 19.7. The van der Waals surface area contributed by atoms with Crippen LogP contribution in [0.2, 0.25) is 0 Å². The van der Waals surface area contributed by atoms with Crippen molar-refractivity contribution in [3.05, 3.63) is 0 Å². The molecule has 1 rings (SSSR count). The number of aliphatic carboxylic acids is 2. The third-order valence-electron chi connectivity index (χ3n) is 5.73. The molecular formula is C21H39N5O6. The number of likely N-dealkylation sites (N-methyl/N-ethyl adjacent to an activating group) is 1. The lowest BCUT2D eigenvalue weighted by Gasteiger charge is -2.34. The third-order valence-corrected chi connectivity index (χ3v) is 5.73. The van der Waals surface area contributed by atoms with Gasteiger partial charge in [0.2, 0.25) is 5.91 Å². The molecule has 0 aliphatic carbocycles. The molecule has 0 radical (unpaired) electrons. The molecule has 11 heteroatoms. The molecule has 1 amide bonds. The predicted octanol–water partition coefficient (Wildman–Crippen LogP) is -1.26. The van der Waals surface area contributed by atoms with Gasteiger partial charge in [-0.25, -0.2) is 0 Å². The number of hydrogen-bond donors (Lipinski definition) is 3. The second-order valence-corrected chi connectivity index (χ2v) is 8.69. The van der Waals surface area contributed by atoms with Gasteiger partial charge in [0.15, 0.2) is 5.78 Å². The van der Waals surface area contributed by atoms with Crippen molar-refractivity contribution in [2.75, 3.05) is 79.0 Å². The number of amides is 1. The van der Waals surface area contributed by atoms with E-state index in [0.717, 1.165) is 0 Å². The Morgan fingerprint density at radius 3 is 1.72 bits per heavy atom. The van der Waals surface area contributed by atoms with Crippen LogP contribution in [-0.4, -0.2) is 139 Å². The van der Waals surface area contributed by atoms with E-state index in [-0.39, 0.29) is 37.2 Å². The van der Waals surface area contributed by atoms with Crippen LogP contribution in [0.3, 0.4) is 0 Å². The largest absolute Gasteiger partial charge is 0.480 e. The molecule has 184 valence electrons. The van der Waals surface area contributed by atoms with Gasteiger partial charge in [0, 0.05) is 58.3 Å². The van der Waals surface area contributed by atoms with Crippen molar-refractivity contribution in [2.45, 2.75) is 26.8 Å². The summed E-state index contributed by atoms with van der Waals surface area (Å²) in [5, 5.41) is 21.1. The SMILES string of the molecule is CC(C)C(=O)CNC(=O)C(C)N1CCN(C)CCN(CC(=O)O)CCN(CC(=O)O)CC1. The van der Waals surface area contributed by atoms with Gasteiger partial charge in [-0.05, 0) is 14.0 Å². The maximum Gasteiger partial charge on any atom is 0.317 e. The van der Waals surface area contributed by atoms with E-state index in [0.29, 0.717) is 52.4 Å². The lowest BCUT2D eigenvalue weighted by atomic mass is 10.1. The first-order valence-electron chi connectivity index (χ1n) is 11.1. The van der Waals surface area contributed by atoms with Gasteiger partial charge >= 0.3 is 11.9 Å². The first-order valence-corrected chi connectivity index (χ1v) is 11.1. The standard InChI is InChI=1S/C21H39N5O6/c1-16(2)18(27)13-22-21(32)17(3)26-11-6-23(4)5-7-24(14-19(28)29)8-9-25(10-12-26)15-20(30)31/h16-17H,5-15H2,1-4H3,(H,22,32)(H,28,29)(H,30,31). The maximum absolute atomic E-state index is 12.6. The number of nitrogens with one attached hydrogen (secondary N) is 1. The van der Waals surface area contributed by atoms with E-state index in [1.54, 1.807) is 25.7 Å². The van der Waals surface area contributed by atoms with Gasteiger partial charge < -0.3 is 20.4 Å². The summed E-state index contributed by atoms with van der Waals surface area (Å²) in [6.07, 6.45) is 0. The zero-order valence-corrected chi connectivity index (χ0v) is 19.7. The number of nitrogens with zero attached hydrogens (tertiary/aromatic N) is 4. The van der Waals surface area contributed by atoms with E-state index in [2.05, 4.69) is 10.2 Å². The molecule has 1 fully saturated rings. The fourth-order valence-corrected chi connectivity index (χ4v) is 3.39. The van der Waals surface area contributed by atoms with Gasteiger partial charge in [-0.3, -0.25) is 33.9 Å². The summed E-state index contributed by atoms with van der Waals surface area (Å²) in [5.74, 6) is -2.27. The number of carboxylic acid groups (broad SMARTS) is 2. The Kier molecular flexibility index (Phi) is 12.4. The highest BCUT2D eigenvalue weighted by Crippen LogP contribution is 2.04. The van der Waals surface area contributed by atoms with E-state index < -0.39 is 18.0 Å². The van der Waals surface area contributed by atoms with Crippen molar-refractivity contribution in [3.8, 4) is 0 Å². The summed E-state index contributed by atoms with van der Waals surface area (Å²) < 4.78 is 0. The minimum absolute atomic E-state index is 0.000859. The van der Waals surface area contributed by atoms with E-state index in [1.165, 1.54) is 0 Å². The van der Waals surface area contributed by atoms with Crippen LogP contribution in [0.15, 0.2) is 0 Å². The molecule has 1 heterocycles. The molecule has 1 saturated heterocycles. The molecule has 3 N–H and O–H groups in total. The summed E-state index contributed by atoms with van der Waals surface area (Å²) in [4.78, 5) is 54.6. The average Bonchev–Trinajstić information content (AvgIpc) is 2.70. The summed E-state index contributed by atoms with van der Waals surface area (Å²) >= 11 is 0. The molecule has 0 spiro atoms. The fraction of sp³-hybridized carbons (Fsp3) is 0.810. The van der Waals surface area contributed by atoms with Gasteiger partial charge in [-0.2, -0.15) is 0 Å². The van der Waals surface area contributed by atoms with Crippen molar-refractivity contribution in [2.24, 2.45) is 5.92 Å². The Hall–Kier alpha value is -2.08. The molecular weight excluding hydrogens is 418 g/mol. The third kappa shape index (κ3) is 11.0. The monoisotopic (exact) mass is 457 g/mol. The molecule has 1 unspecified atom stereocenters. The zero-order chi connectivity index (χ0) is 24.3. The van der Waals surface area contributed by atoms with E-state index in [9.17, 15) is 24.3 Å². The Labute approximate surface area is 190 Å². The van der Waals surface area contributed by atoms with Crippen LogP contribution in [0.4, 0.5) is 0 Å². The van der Waals surface area contributed by atoms with Crippen molar-refractivity contribution in [1.82, 2.24) is 24.9 Å². The molecule has 0 aromatic rings. The molecule has 11 nitrogen and oxygen atoms in total. The molecule has 1 atom stereocenters.